The fourth-order valence-corrected chi connectivity index (χ4v) is 4.23. The largest absolute Gasteiger partial charge is 0.467 e. The third-order valence-corrected chi connectivity index (χ3v) is 6.24. The molecule has 0 aromatic carbocycles. The molecule has 0 radical (unpaired) electrons. The maximum absolute atomic E-state index is 13.1. The van der Waals surface area contributed by atoms with E-state index >= 15 is 0 Å². The standard InChI is InChI=1S/C22H35N5O2/c1-6-27(7-2)13-12-24(3)17-10-11-20-19(15-17)21(23-26(20)5)22(28)25(4)16-18-9-8-14-29-18/h8-9,14,17H,6-7,10-13,15-16H2,1-5H3/t17-/m1/s1. The third kappa shape index (κ3) is 4.90. The number of hydrogen-bond donors (Lipinski definition) is 0. The number of rotatable bonds is 9. The summed E-state index contributed by atoms with van der Waals surface area (Å²) in [7, 11) is 5.97. The number of carbonyl (C=O) groups excluding carboxylic acids is 1. The molecule has 7 nitrogen and oxygen atoms in total. The zero-order chi connectivity index (χ0) is 21.0. The van der Waals surface area contributed by atoms with E-state index in [4.69, 9.17) is 4.42 Å². The number of furan rings is 1. The average Bonchev–Trinajstić information content (AvgIpc) is 3.35. The Morgan fingerprint density at radius 2 is 2.03 bits per heavy atom. The molecular weight excluding hydrogens is 366 g/mol. The first kappa shape index (κ1) is 21.6. The van der Waals surface area contributed by atoms with Crippen LogP contribution in [0, 0.1) is 0 Å². The lowest BCUT2D eigenvalue weighted by Gasteiger charge is -2.33. The average molecular weight is 402 g/mol. The lowest BCUT2D eigenvalue weighted by Crippen LogP contribution is -2.41. The number of carbonyl (C=O) groups is 1. The fraction of sp³-hybridized carbons (Fsp3) is 0.636. The van der Waals surface area contributed by atoms with Crippen LogP contribution in [0.4, 0.5) is 0 Å². The molecule has 0 saturated heterocycles. The van der Waals surface area contributed by atoms with Gasteiger partial charge in [-0.2, -0.15) is 5.10 Å². The van der Waals surface area contributed by atoms with Crippen molar-refractivity contribution < 1.29 is 9.21 Å². The number of hydrogen-bond acceptors (Lipinski definition) is 5. The van der Waals surface area contributed by atoms with Crippen molar-refractivity contribution in [1.82, 2.24) is 24.5 Å². The van der Waals surface area contributed by atoms with E-state index in [0.29, 0.717) is 18.3 Å². The van der Waals surface area contributed by atoms with Crippen molar-refractivity contribution in [2.24, 2.45) is 7.05 Å². The van der Waals surface area contributed by atoms with Crippen LogP contribution in [0.15, 0.2) is 22.8 Å². The summed E-state index contributed by atoms with van der Waals surface area (Å²) < 4.78 is 7.29. The van der Waals surface area contributed by atoms with Crippen LogP contribution in [-0.4, -0.2) is 76.7 Å². The number of fused-ring (bicyclic) bond motifs is 1. The van der Waals surface area contributed by atoms with Crippen LogP contribution in [0.1, 0.15) is 47.8 Å². The van der Waals surface area contributed by atoms with Gasteiger partial charge in [0.2, 0.25) is 0 Å². The van der Waals surface area contributed by atoms with Gasteiger partial charge in [-0.15, -0.1) is 0 Å². The van der Waals surface area contributed by atoms with Gasteiger partial charge in [-0.1, -0.05) is 13.8 Å². The second-order valence-corrected chi connectivity index (χ2v) is 8.04. The molecule has 7 heteroatoms. The van der Waals surface area contributed by atoms with Gasteiger partial charge in [-0.3, -0.25) is 9.48 Å². The second-order valence-electron chi connectivity index (χ2n) is 8.04. The molecule has 0 saturated carbocycles. The Morgan fingerprint density at radius 1 is 1.28 bits per heavy atom. The summed E-state index contributed by atoms with van der Waals surface area (Å²) >= 11 is 0. The number of likely N-dealkylation sites (N-methyl/N-ethyl adjacent to an activating group) is 2. The van der Waals surface area contributed by atoms with Crippen molar-refractivity contribution in [1.29, 1.82) is 0 Å². The third-order valence-electron chi connectivity index (χ3n) is 6.24. The van der Waals surface area contributed by atoms with Crippen molar-refractivity contribution in [3.8, 4) is 0 Å². The molecule has 2 aromatic rings. The first-order valence-corrected chi connectivity index (χ1v) is 10.7. The molecule has 3 rings (SSSR count). The van der Waals surface area contributed by atoms with Crippen LogP contribution in [0.2, 0.25) is 0 Å². The molecule has 2 aromatic heterocycles. The Morgan fingerprint density at radius 3 is 2.69 bits per heavy atom. The van der Waals surface area contributed by atoms with Crippen LogP contribution in [-0.2, 0) is 26.4 Å². The van der Waals surface area contributed by atoms with Gasteiger partial charge in [-0.05, 0) is 51.5 Å². The fourth-order valence-electron chi connectivity index (χ4n) is 4.23. The Balaban J connectivity index is 1.70. The molecule has 1 aliphatic rings. The Kier molecular flexibility index (Phi) is 7.14. The van der Waals surface area contributed by atoms with Crippen molar-refractivity contribution in [3.05, 3.63) is 41.1 Å². The molecule has 2 heterocycles. The molecule has 0 unspecified atom stereocenters. The first-order chi connectivity index (χ1) is 13.9. The maximum Gasteiger partial charge on any atom is 0.274 e. The van der Waals surface area contributed by atoms with Crippen molar-refractivity contribution >= 4 is 5.91 Å². The molecule has 1 amide bonds. The van der Waals surface area contributed by atoms with E-state index in [1.54, 1.807) is 11.2 Å². The predicted octanol–water partition coefficient (Wildman–Crippen LogP) is 2.42. The minimum atomic E-state index is -0.0373. The van der Waals surface area contributed by atoms with E-state index in [-0.39, 0.29) is 5.91 Å². The number of aryl methyl sites for hydroxylation is 1. The minimum Gasteiger partial charge on any atom is -0.467 e. The lowest BCUT2D eigenvalue weighted by atomic mass is 9.90. The van der Waals surface area contributed by atoms with Gasteiger partial charge in [0.25, 0.3) is 5.91 Å². The Bertz CT molecular complexity index is 794. The highest BCUT2D eigenvalue weighted by Gasteiger charge is 2.31. The second kappa shape index (κ2) is 9.59. The lowest BCUT2D eigenvalue weighted by molar-refractivity contribution is 0.0767. The molecule has 0 fully saturated rings. The summed E-state index contributed by atoms with van der Waals surface area (Å²) in [5, 5.41) is 4.61. The van der Waals surface area contributed by atoms with Gasteiger partial charge in [0.1, 0.15) is 5.76 Å². The quantitative estimate of drug-likeness (QED) is 0.646. The summed E-state index contributed by atoms with van der Waals surface area (Å²) in [6.45, 7) is 9.17. The van der Waals surface area contributed by atoms with E-state index in [1.165, 1.54) is 5.69 Å². The summed E-state index contributed by atoms with van der Waals surface area (Å²) in [5.74, 6) is 0.740. The highest BCUT2D eigenvalue weighted by atomic mass is 16.3. The summed E-state index contributed by atoms with van der Waals surface area (Å²) in [4.78, 5) is 19.7. The van der Waals surface area contributed by atoms with Crippen molar-refractivity contribution in [3.63, 3.8) is 0 Å². The molecule has 0 aliphatic heterocycles. The topological polar surface area (TPSA) is 57.8 Å². The maximum atomic E-state index is 13.1. The highest BCUT2D eigenvalue weighted by molar-refractivity contribution is 5.94. The zero-order valence-electron chi connectivity index (χ0n) is 18.5. The van der Waals surface area contributed by atoms with E-state index in [1.807, 2.05) is 30.9 Å². The number of nitrogens with zero attached hydrogens (tertiary/aromatic N) is 5. The molecule has 0 N–H and O–H groups in total. The van der Waals surface area contributed by atoms with Crippen molar-refractivity contribution in [2.45, 2.75) is 45.7 Å². The normalized spacial score (nSPS) is 16.4. The number of aromatic nitrogens is 2. The minimum absolute atomic E-state index is 0.0373. The van der Waals surface area contributed by atoms with Gasteiger partial charge in [0, 0.05) is 44.5 Å². The van der Waals surface area contributed by atoms with Gasteiger partial charge >= 0.3 is 0 Å². The van der Waals surface area contributed by atoms with E-state index in [2.05, 4.69) is 35.8 Å². The molecule has 29 heavy (non-hydrogen) atoms. The highest BCUT2D eigenvalue weighted by Crippen LogP contribution is 2.27. The van der Waals surface area contributed by atoms with Gasteiger partial charge in [0.05, 0.1) is 12.8 Å². The molecule has 0 bridgehead atoms. The summed E-state index contributed by atoms with van der Waals surface area (Å²) in [6, 6.07) is 4.18. The van der Waals surface area contributed by atoms with Crippen molar-refractivity contribution in [2.75, 3.05) is 40.3 Å². The SMILES string of the molecule is CCN(CC)CCN(C)[C@@H]1CCc2c(c(C(=O)N(C)Cc3ccco3)nn2C)C1. The van der Waals surface area contributed by atoms with Crippen LogP contribution >= 0.6 is 0 Å². The monoisotopic (exact) mass is 401 g/mol. The van der Waals surface area contributed by atoms with Crippen LogP contribution in [0.5, 0.6) is 0 Å². The first-order valence-electron chi connectivity index (χ1n) is 10.7. The van der Waals surface area contributed by atoms with E-state index < -0.39 is 0 Å². The predicted molar refractivity (Wildman–Crippen MR) is 114 cm³/mol. The zero-order valence-corrected chi connectivity index (χ0v) is 18.5. The smallest absolute Gasteiger partial charge is 0.274 e. The molecule has 1 aliphatic carbocycles. The van der Waals surface area contributed by atoms with Gasteiger partial charge < -0.3 is 19.1 Å². The van der Waals surface area contributed by atoms with E-state index in [0.717, 1.165) is 56.8 Å². The van der Waals surface area contributed by atoms with Crippen LogP contribution < -0.4 is 0 Å². The van der Waals surface area contributed by atoms with Crippen LogP contribution in [0.3, 0.4) is 0 Å². The van der Waals surface area contributed by atoms with E-state index in [9.17, 15) is 4.79 Å². The van der Waals surface area contributed by atoms with Gasteiger partial charge in [0.15, 0.2) is 5.69 Å². The molecule has 1 atom stereocenters. The summed E-state index contributed by atoms with van der Waals surface area (Å²) in [5.41, 5.74) is 2.92. The number of amides is 1. The molecule has 160 valence electrons. The Hall–Kier alpha value is -2.12. The summed E-state index contributed by atoms with van der Waals surface area (Å²) in [6.07, 6.45) is 4.59. The van der Waals surface area contributed by atoms with Gasteiger partial charge in [-0.25, -0.2) is 0 Å². The Labute approximate surface area is 174 Å². The van der Waals surface area contributed by atoms with Crippen LogP contribution in [0.25, 0.3) is 0 Å². The molecule has 0 spiro atoms. The molecular formula is C22H35N5O2.